The Balaban J connectivity index is 1.31. The molecule has 34 heavy (non-hydrogen) atoms. The molecule has 2 fully saturated rings. The van der Waals surface area contributed by atoms with E-state index in [4.69, 9.17) is 13.9 Å². The first-order valence-electron chi connectivity index (χ1n) is 12.5. The fourth-order valence-electron chi connectivity index (χ4n) is 5.71. The fourth-order valence-corrected chi connectivity index (χ4v) is 5.71. The number of benzene rings is 1. The number of hydrogen-bond donors (Lipinski definition) is 0. The molecule has 1 saturated carbocycles. The Morgan fingerprint density at radius 1 is 1.03 bits per heavy atom. The van der Waals surface area contributed by atoms with E-state index in [0.717, 1.165) is 29.9 Å². The number of piperidine rings is 1. The average Bonchev–Trinajstić information content (AvgIpc) is 3.56. The van der Waals surface area contributed by atoms with Crippen LogP contribution in [0.4, 0.5) is 0 Å². The molecule has 0 N–H and O–H groups in total. The first-order valence-corrected chi connectivity index (χ1v) is 12.5. The molecule has 7 heteroatoms. The summed E-state index contributed by atoms with van der Waals surface area (Å²) in [5, 5.41) is 0. The Morgan fingerprint density at radius 3 is 2.59 bits per heavy atom. The fraction of sp³-hybridized carbons (Fsp3) is 0.556. The molecule has 2 aliphatic heterocycles. The van der Waals surface area contributed by atoms with Crippen molar-refractivity contribution >= 4 is 11.8 Å². The minimum Gasteiger partial charge on any atom is -0.459 e. The second-order valence-electron chi connectivity index (χ2n) is 10.0. The molecule has 3 heterocycles. The standard InChI is InChI=1S/C27H34N2O5/c1-18-5-3-6-22(19(18)2)29(16-20-8-9-23-25(15-20)34-17-33-23)26(30)21-10-12-28(13-11-21)27(31)24-7-4-14-32-24/h4,7-9,14-15,18-19,21-22H,3,5-6,10-13,16-17H2,1-2H3/t18-,19-,22+/m1/s1. The number of fused-ring (bicyclic) bond motifs is 1. The van der Waals surface area contributed by atoms with Crippen molar-refractivity contribution in [2.75, 3.05) is 19.9 Å². The molecular weight excluding hydrogens is 432 g/mol. The number of amides is 2. The lowest BCUT2D eigenvalue weighted by atomic mass is 9.76. The molecule has 7 nitrogen and oxygen atoms in total. The van der Waals surface area contributed by atoms with E-state index in [1.54, 1.807) is 17.0 Å². The van der Waals surface area contributed by atoms with E-state index in [0.29, 0.717) is 50.1 Å². The normalized spacial score (nSPS) is 24.8. The van der Waals surface area contributed by atoms with Gasteiger partial charge in [0.1, 0.15) is 0 Å². The van der Waals surface area contributed by atoms with E-state index >= 15 is 0 Å². The van der Waals surface area contributed by atoms with Crippen LogP contribution in [0.25, 0.3) is 0 Å². The van der Waals surface area contributed by atoms with E-state index < -0.39 is 0 Å². The second-order valence-corrected chi connectivity index (χ2v) is 10.0. The van der Waals surface area contributed by atoms with Crippen LogP contribution in [0, 0.1) is 17.8 Å². The Bertz CT molecular complexity index is 1010. The van der Waals surface area contributed by atoms with Crippen molar-refractivity contribution in [1.29, 1.82) is 0 Å². The summed E-state index contributed by atoms with van der Waals surface area (Å²) >= 11 is 0. The molecule has 1 saturated heterocycles. The predicted molar refractivity (Wildman–Crippen MR) is 126 cm³/mol. The lowest BCUT2D eigenvalue weighted by Gasteiger charge is -2.44. The number of carbonyl (C=O) groups is 2. The Kier molecular flexibility index (Phi) is 6.53. The third-order valence-electron chi connectivity index (χ3n) is 8.00. The third kappa shape index (κ3) is 4.52. The van der Waals surface area contributed by atoms with Gasteiger partial charge in [-0.15, -0.1) is 0 Å². The molecule has 3 aliphatic rings. The molecule has 182 valence electrons. The summed E-state index contributed by atoms with van der Waals surface area (Å²) in [6.45, 7) is 6.56. The second kappa shape index (κ2) is 9.72. The number of carbonyl (C=O) groups excluding carboxylic acids is 2. The van der Waals surface area contributed by atoms with Gasteiger partial charge in [-0.2, -0.15) is 0 Å². The van der Waals surface area contributed by atoms with Crippen molar-refractivity contribution in [3.05, 3.63) is 47.9 Å². The van der Waals surface area contributed by atoms with Gasteiger partial charge in [0.2, 0.25) is 12.7 Å². The van der Waals surface area contributed by atoms with Gasteiger partial charge in [0, 0.05) is 31.6 Å². The predicted octanol–water partition coefficient (Wildman–Crippen LogP) is 4.71. The highest BCUT2D eigenvalue weighted by Gasteiger charge is 2.38. The van der Waals surface area contributed by atoms with Crippen LogP contribution < -0.4 is 9.47 Å². The molecule has 5 rings (SSSR count). The number of nitrogens with zero attached hydrogens (tertiary/aromatic N) is 2. The molecule has 0 bridgehead atoms. The van der Waals surface area contributed by atoms with E-state index in [9.17, 15) is 9.59 Å². The third-order valence-corrected chi connectivity index (χ3v) is 8.00. The molecule has 2 aromatic rings. The number of ether oxygens (including phenoxy) is 2. The maximum absolute atomic E-state index is 13.9. The van der Waals surface area contributed by atoms with Crippen molar-refractivity contribution in [2.24, 2.45) is 17.8 Å². The lowest BCUT2D eigenvalue weighted by molar-refractivity contribution is -0.142. The van der Waals surface area contributed by atoms with Gasteiger partial charge in [-0.25, -0.2) is 0 Å². The minimum atomic E-state index is -0.0946. The van der Waals surface area contributed by atoms with E-state index in [1.807, 2.05) is 18.2 Å². The van der Waals surface area contributed by atoms with Gasteiger partial charge in [0.15, 0.2) is 17.3 Å². The summed E-state index contributed by atoms with van der Waals surface area (Å²) in [5.74, 6) is 2.97. The summed E-state index contributed by atoms with van der Waals surface area (Å²) in [6.07, 6.45) is 6.29. The minimum absolute atomic E-state index is 0.0703. The zero-order valence-electron chi connectivity index (χ0n) is 20.1. The van der Waals surface area contributed by atoms with Crippen LogP contribution in [0.2, 0.25) is 0 Å². The van der Waals surface area contributed by atoms with Crippen LogP contribution in [0.1, 0.15) is 62.1 Å². The van der Waals surface area contributed by atoms with Gasteiger partial charge >= 0.3 is 0 Å². The number of furan rings is 1. The van der Waals surface area contributed by atoms with Crippen molar-refractivity contribution < 1.29 is 23.5 Å². The molecule has 3 atom stereocenters. The maximum atomic E-state index is 13.9. The summed E-state index contributed by atoms with van der Waals surface area (Å²) < 4.78 is 16.3. The zero-order valence-corrected chi connectivity index (χ0v) is 20.1. The number of hydrogen-bond acceptors (Lipinski definition) is 5. The lowest BCUT2D eigenvalue weighted by Crippen LogP contribution is -2.51. The topological polar surface area (TPSA) is 72.2 Å². The van der Waals surface area contributed by atoms with E-state index in [-0.39, 0.29) is 30.6 Å². The van der Waals surface area contributed by atoms with Crippen LogP contribution in [-0.4, -0.2) is 47.5 Å². The van der Waals surface area contributed by atoms with Gasteiger partial charge in [-0.1, -0.05) is 32.8 Å². The summed E-state index contributed by atoms with van der Waals surface area (Å²) in [7, 11) is 0. The highest BCUT2D eigenvalue weighted by molar-refractivity contribution is 5.91. The maximum Gasteiger partial charge on any atom is 0.289 e. The van der Waals surface area contributed by atoms with Crippen LogP contribution in [-0.2, 0) is 11.3 Å². The first kappa shape index (κ1) is 22.8. The molecule has 1 aromatic carbocycles. The van der Waals surface area contributed by atoms with Crippen LogP contribution >= 0.6 is 0 Å². The van der Waals surface area contributed by atoms with Gasteiger partial charge in [-0.05, 0) is 60.9 Å². The monoisotopic (exact) mass is 466 g/mol. The van der Waals surface area contributed by atoms with Crippen molar-refractivity contribution in [3.8, 4) is 11.5 Å². The number of likely N-dealkylation sites (tertiary alicyclic amines) is 1. The highest BCUT2D eigenvalue weighted by Crippen LogP contribution is 2.37. The zero-order chi connectivity index (χ0) is 23.7. The average molecular weight is 467 g/mol. The molecule has 0 radical (unpaired) electrons. The molecule has 1 aromatic heterocycles. The summed E-state index contributed by atoms with van der Waals surface area (Å²) in [4.78, 5) is 30.5. The molecular formula is C27H34N2O5. The Labute approximate surface area is 201 Å². The largest absolute Gasteiger partial charge is 0.459 e. The van der Waals surface area contributed by atoms with Gasteiger partial charge in [-0.3, -0.25) is 9.59 Å². The van der Waals surface area contributed by atoms with Crippen molar-refractivity contribution in [3.63, 3.8) is 0 Å². The Morgan fingerprint density at radius 2 is 1.82 bits per heavy atom. The van der Waals surface area contributed by atoms with Crippen LogP contribution in [0.15, 0.2) is 41.0 Å². The molecule has 0 spiro atoms. The van der Waals surface area contributed by atoms with E-state index in [2.05, 4.69) is 18.7 Å². The summed E-state index contributed by atoms with van der Waals surface area (Å²) in [6, 6.07) is 9.62. The first-order chi connectivity index (χ1) is 16.5. The summed E-state index contributed by atoms with van der Waals surface area (Å²) in [5.41, 5.74) is 1.06. The van der Waals surface area contributed by atoms with Crippen LogP contribution in [0.3, 0.4) is 0 Å². The smallest absolute Gasteiger partial charge is 0.289 e. The van der Waals surface area contributed by atoms with Crippen molar-refractivity contribution in [1.82, 2.24) is 9.80 Å². The van der Waals surface area contributed by atoms with Gasteiger partial charge < -0.3 is 23.7 Å². The SMILES string of the molecule is C[C@@H]1[C@H](C)CCC[C@@H]1N(Cc1ccc2c(c1)OCO2)C(=O)C1CCN(C(=O)c2ccco2)CC1. The Hall–Kier alpha value is -2.96. The number of rotatable bonds is 5. The van der Waals surface area contributed by atoms with Crippen LogP contribution in [0.5, 0.6) is 11.5 Å². The quantitative estimate of drug-likeness (QED) is 0.638. The highest BCUT2D eigenvalue weighted by atomic mass is 16.7. The van der Waals surface area contributed by atoms with Gasteiger partial charge in [0.25, 0.3) is 5.91 Å². The molecule has 1 aliphatic carbocycles. The molecule has 0 unspecified atom stereocenters. The van der Waals surface area contributed by atoms with E-state index in [1.165, 1.54) is 12.7 Å². The van der Waals surface area contributed by atoms with Gasteiger partial charge in [0.05, 0.1) is 6.26 Å². The van der Waals surface area contributed by atoms with Crippen molar-refractivity contribution in [2.45, 2.75) is 58.5 Å². The molecule has 2 amide bonds.